The van der Waals surface area contributed by atoms with Gasteiger partial charge in [0, 0.05) is 6.42 Å². The van der Waals surface area contributed by atoms with Crippen LogP contribution in [-0.4, -0.2) is 11.2 Å². The topological polar surface area (TPSA) is 9.23 Å². The van der Waals surface area contributed by atoms with Gasteiger partial charge in [-0.05, 0) is 31.5 Å². The average molecular weight is 158 g/mol. The van der Waals surface area contributed by atoms with Crippen molar-refractivity contribution in [3.05, 3.63) is 0 Å². The summed E-state index contributed by atoms with van der Waals surface area (Å²) in [4.78, 5) is 0. The highest BCUT2D eigenvalue weighted by atomic mass is 32.1. The largest absolute Gasteiger partial charge is 0.484 e. The predicted molar refractivity (Wildman–Crippen MR) is 46.2 cm³/mol. The molecule has 1 atom stereocenters. The van der Waals surface area contributed by atoms with Crippen LogP contribution in [0.5, 0.6) is 0 Å². The molecule has 2 heteroatoms. The van der Waals surface area contributed by atoms with Crippen LogP contribution >= 0.6 is 12.2 Å². The molecule has 0 aliphatic carbocycles. The molecule has 1 unspecified atom stereocenters. The molecule has 10 heavy (non-hydrogen) atoms. The molecule has 0 N–H and O–H groups in total. The fraction of sp³-hybridized carbons (Fsp3) is 0.875. The maximum Gasteiger partial charge on any atom is 0.160 e. The van der Waals surface area contributed by atoms with Crippen molar-refractivity contribution >= 4 is 17.3 Å². The van der Waals surface area contributed by atoms with Crippen LogP contribution in [0.2, 0.25) is 0 Å². The van der Waals surface area contributed by atoms with E-state index in [4.69, 9.17) is 17.0 Å². The average Bonchev–Trinajstić information content (AvgIpc) is 1.88. The van der Waals surface area contributed by atoms with Crippen LogP contribution in [0.4, 0.5) is 0 Å². The highest BCUT2D eigenvalue weighted by Crippen LogP contribution is 2.18. The lowest BCUT2D eigenvalue weighted by atomic mass is 10.1. The maximum absolute atomic E-state index is 5.46. The Bertz CT molecular complexity index is 120. The lowest BCUT2D eigenvalue weighted by Gasteiger charge is -2.23. The summed E-state index contributed by atoms with van der Waals surface area (Å²) in [5.41, 5.74) is 0. The van der Waals surface area contributed by atoms with Gasteiger partial charge in [0.2, 0.25) is 0 Å². The second kappa shape index (κ2) is 3.91. The Morgan fingerprint density at radius 1 is 1.70 bits per heavy atom. The molecule has 1 fully saturated rings. The monoisotopic (exact) mass is 158 g/mol. The molecule has 1 saturated heterocycles. The third-order valence-corrected chi connectivity index (χ3v) is 2.12. The third kappa shape index (κ3) is 2.25. The molecule has 58 valence electrons. The van der Waals surface area contributed by atoms with Crippen LogP contribution in [0.25, 0.3) is 0 Å². The summed E-state index contributed by atoms with van der Waals surface area (Å²) >= 11 is 4.97. The second-order valence-electron chi connectivity index (χ2n) is 2.79. The molecule has 0 amide bonds. The van der Waals surface area contributed by atoms with E-state index in [2.05, 4.69) is 6.92 Å². The van der Waals surface area contributed by atoms with Gasteiger partial charge in [-0.2, -0.15) is 0 Å². The minimum absolute atomic E-state index is 0.436. The lowest BCUT2D eigenvalue weighted by molar-refractivity contribution is 0.145. The van der Waals surface area contributed by atoms with E-state index in [0.29, 0.717) is 6.10 Å². The minimum atomic E-state index is 0.436. The summed E-state index contributed by atoms with van der Waals surface area (Å²) in [6.07, 6.45) is 6.23. The van der Waals surface area contributed by atoms with Crippen LogP contribution in [0.15, 0.2) is 0 Å². The maximum atomic E-state index is 5.46. The standard InChI is InChI=1S/C8H14OS/c1-2-4-7-5-3-6-8(10)9-7/h7H,2-6H2,1H3. The molecule has 1 aliphatic rings. The van der Waals surface area contributed by atoms with E-state index in [1.54, 1.807) is 0 Å². The van der Waals surface area contributed by atoms with Gasteiger partial charge >= 0.3 is 0 Å². The summed E-state index contributed by atoms with van der Waals surface area (Å²) in [5, 5.41) is 0.824. The number of thiocarbonyl (C=S) groups is 1. The summed E-state index contributed by atoms with van der Waals surface area (Å²) in [6.45, 7) is 2.18. The van der Waals surface area contributed by atoms with E-state index in [0.717, 1.165) is 11.5 Å². The van der Waals surface area contributed by atoms with Gasteiger partial charge < -0.3 is 4.74 Å². The molecule has 0 aromatic rings. The van der Waals surface area contributed by atoms with Gasteiger partial charge in [-0.25, -0.2) is 0 Å². The normalized spacial score (nSPS) is 26.1. The summed E-state index contributed by atoms with van der Waals surface area (Å²) < 4.78 is 5.46. The smallest absolute Gasteiger partial charge is 0.160 e. The summed E-state index contributed by atoms with van der Waals surface area (Å²) in [6, 6.07) is 0. The highest BCUT2D eigenvalue weighted by Gasteiger charge is 2.15. The first kappa shape index (κ1) is 7.99. The number of ether oxygens (including phenoxy) is 1. The van der Waals surface area contributed by atoms with Crippen molar-refractivity contribution in [2.45, 2.75) is 45.1 Å². The van der Waals surface area contributed by atoms with Gasteiger partial charge in [-0.3, -0.25) is 0 Å². The van der Waals surface area contributed by atoms with Crippen LogP contribution in [0.1, 0.15) is 39.0 Å². The minimum Gasteiger partial charge on any atom is -0.484 e. The van der Waals surface area contributed by atoms with Crippen molar-refractivity contribution in [1.82, 2.24) is 0 Å². The first-order chi connectivity index (χ1) is 4.83. The molecule has 0 aromatic carbocycles. The quantitative estimate of drug-likeness (QED) is 0.571. The molecular formula is C8H14OS. The lowest BCUT2D eigenvalue weighted by Crippen LogP contribution is -2.21. The molecule has 0 spiro atoms. The van der Waals surface area contributed by atoms with Gasteiger partial charge in [0.05, 0.1) is 6.10 Å². The van der Waals surface area contributed by atoms with Crippen LogP contribution in [0, 0.1) is 0 Å². The van der Waals surface area contributed by atoms with E-state index in [-0.39, 0.29) is 0 Å². The van der Waals surface area contributed by atoms with Gasteiger partial charge in [0.1, 0.15) is 0 Å². The zero-order chi connectivity index (χ0) is 7.40. The zero-order valence-corrected chi connectivity index (χ0v) is 7.25. The van der Waals surface area contributed by atoms with Crippen molar-refractivity contribution in [2.75, 3.05) is 0 Å². The number of rotatable bonds is 2. The van der Waals surface area contributed by atoms with Crippen LogP contribution in [0.3, 0.4) is 0 Å². The van der Waals surface area contributed by atoms with Crippen molar-refractivity contribution in [3.8, 4) is 0 Å². The van der Waals surface area contributed by atoms with Gasteiger partial charge in [0.15, 0.2) is 5.05 Å². The number of hydrogen-bond acceptors (Lipinski definition) is 2. The van der Waals surface area contributed by atoms with Gasteiger partial charge in [-0.1, -0.05) is 13.3 Å². The predicted octanol–water partition coefficient (Wildman–Crippen LogP) is 2.68. The fourth-order valence-corrected chi connectivity index (χ4v) is 1.58. The first-order valence-corrected chi connectivity index (χ1v) is 4.43. The van der Waals surface area contributed by atoms with E-state index < -0.39 is 0 Å². The Morgan fingerprint density at radius 2 is 2.50 bits per heavy atom. The Kier molecular flexibility index (Phi) is 3.13. The van der Waals surface area contributed by atoms with E-state index >= 15 is 0 Å². The van der Waals surface area contributed by atoms with Gasteiger partial charge in [0.25, 0.3) is 0 Å². The molecule has 0 radical (unpaired) electrons. The molecule has 1 rings (SSSR count). The van der Waals surface area contributed by atoms with Crippen LogP contribution < -0.4 is 0 Å². The zero-order valence-electron chi connectivity index (χ0n) is 6.43. The number of hydrogen-bond donors (Lipinski definition) is 0. The van der Waals surface area contributed by atoms with E-state index in [9.17, 15) is 0 Å². The Hall–Kier alpha value is -0.110. The summed E-state index contributed by atoms with van der Waals surface area (Å²) in [7, 11) is 0. The van der Waals surface area contributed by atoms with Crippen molar-refractivity contribution in [1.29, 1.82) is 0 Å². The first-order valence-electron chi connectivity index (χ1n) is 4.02. The van der Waals surface area contributed by atoms with Crippen LogP contribution in [-0.2, 0) is 4.74 Å². The molecule has 0 aromatic heterocycles. The fourth-order valence-electron chi connectivity index (χ4n) is 1.30. The molecule has 0 bridgehead atoms. The SMILES string of the molecule is CCCC1CCCC(=S)O1. The third-order valence-electron chi connectivity index (χ3n) is 1.82. The Labute approximate surface area is 67.8 Å². The van der Waals surface area contributed by atoms with Gasteiger partial charge in [-0.15, -0.1) is 0 Å². The highest BCUT2D eigenvalue weighted by molar-refractivity contribution is 7.80. The van der Waals surface area contributed by atoms with Crippen molar-refractivity contribution in [3.63, 3.8) is 0 Å². The van der Waals surface area contributed by atoms with Crippen molar-refractivity contribution < 1.29 is 4.74 Å². The molecule has 1 nitrogen and oxygen atoms in total. The molecule has 0 saturated carbocycles. The molecule has 1 heterocycles. The Balaban J connectivity index is 2.25. The van der Waals surface area contributed by atoms with Crippen molar-refractivity contribution in [2.24, 2.45) is 0 Å². The molecular weight excluding hydrogens is 144 g/mol. The van der Waals surface area contributed by atoms with E-state index in [1.807, 2.05) is 0 Å². The summed E-state index contributed by atoms with van der Waals surface area (Å²) in [5.74, 6) is 0. The Morgan fingerprint density at radius 3 is 3.10 bits per heavy atom. The van der Waals surface area contributed by atoms with E-state index in [1.165, 1.54) is 25.7 Å². The molecule has 1 aliphatic heterocycles. The second-order valence-corrected chi connectivity index (χ2v) is 3.25.